The van der Waals surface area contributed by atoms with Crippen molar-refractivity contribution in [1.82, 2.24) is 9.78 Å². The topological polar surface area (TPSA) is 61.2 Å². The lowest BCUT2D eigenvalue weighted by atomic mass is 10.3. The van der Waals surface area contributed by atoms with Crippen LogP contribution in [0.3, 0.4) is 0 Å². The molecule has 0 fully saturated rings. The Morgan fingerprint density at radius 3 is 2.84 bits per heavy atom. The summed E-state index contributed by atoms with van der Waals surface area (Å²) in [5.41, 5.74) is -0.453. The van der Waals surface area contributed by atoms with E-state index in [0.717, 1.165) is 7.11 Å². The number of rotatable bonds is 2. The second kappa shape index (κ2) is 5.47. The van der Waals surface area contributed by atoms with Gasteiger partial charge in [0.1, 0.15) is 5.82 Å². The van der Waals surface area contributed by atoms with Crippen LogP contribution in [-0.2, 0) is 4.74 Å². The molecule has 0 unspecified atom stereocenters. The molecule has 0 aliphatic rings. The predicted molar refractivity (Wildman–Crippen MR) is 73.8 cm³/mol. The summed E-state index contributed by atoms with van der Waals surface area (Å²) in [7, 11) is 1.16. The van der Waals surface area contributed by atoms with Crippen molar-refractivity contribution in [2.75, 3.05) is 7.11 Å². The van der Waals surface area contributed by atoms with Crippen LogP contribution < -0.4 is 5.43 Å². The van der Waals surface area contributed by atoms with Gasteiger partial charge in [-0.25, -0.2) is 13.9 Å². The number of hydrogen-bond donors (Lipinski definition) is 0. The number of benzene rings is 1. The second-order valence-corrected chi connectivity index (χ2v) is 4.62. The normalized spacial score (nSPS) is 10.3. The highest BCUT2D eigenvalue weighted by atomic mass is 127. The molecule has 2 aromatic rings. The van der Waals surface area contributed by atoms with Crippen LogP contribution in [0.5, 0.6) is 0 Å². The zero-order valence-electron chi connectivity index (χ0n) is 9.76. The van der Waals surface area contributed by atoms with E-state index in [1.165, 1.54) is 29.1 Å². The Labute approximate surface area is 121 Å². The molecule has 0 aliphatic heterocycles. The van der Waals surface area contributed by atoms with Crippen LogP contribution in [0.4, 0.5) is 4.39 Å². The number of halogens is 2. The molecule has 5 nitrogen and oxygen atoms in total. The fourth-order valence-corrected chi connectivity index (χ4v) is 2.06. The molecule has 0 saturated heterocycles. The van der Waals surface area contributed by atoms with Gasteiger partial charge >= 0.3 is 5.97 Å². The average molecular weight is 374 g/mol. The number of esters is 1. The maximum absolute atomic E-state index is 13.5. The van der Waals surface area contributed by atoms with E-state index in [2.05, 4.69) is 9.84 Å². The standard InChI is InChI=1S/C12H8FIN2O3/c1-19-12(18)11-9(17)5-6-16(15-11)8-4-2-3-7(13)10(8)14/h2-6H,1H3. The minimum atomic E-state index is -0.828. The summed E-state index contributed by atoms with van der Waals surface area (Å²) in [6.45, 7) is 0. The summed E-state index contributed by atoms with van der Waals surface area (Å²) in [6.07, 6.45) is 1.37. The van der Waals surface area contributed by atoms with Crippen LogP contribution in [-0.4, -0.2) is 22.9 Å². The Kier molecular flexibility index (Phi) is 3.93. The zero-order chi connectivity index (χ0) is 14.0. The van der Waals surface area contributed by atoms with Gasteiger partial charge in [-0.05, 0) is 34.7 Å². The molecule has 0 radical (unpaired) electrons. The van der Waals surface area contributed by atoms with Crippen molar-refractivity contribution in [3.63, 3.8) is 0 Å². The number of ether oxygens (including phenoxy) is 1. The highest BCUT2D eigenvalue weighted by Gasteiger charge is 2.15. The minimum Gasteiger partial charge on any atom is -0.464 e. The van der Waals surface area contributed by atoms with Crippen molar-refractivity contribution in [2.24, 2.45) is 0 Å². The molecule has 0 atom stereocenters. The number of carbonyl (C=O) groups is 1. The van der Waals surface area contributed by atoms with Gasteiger partial charge in [-0.3, -0.25) is 4.79 Å². The molecular formula is C12H8FIN2O3. The summed E-state index contributed by atoms with van der Waals surface area (Å²) in [5.74, 6) is -1.23. The third-order valence-corrected chi connectivity index (χ3v) is 3.43. The lowest BCUT2D eigenvalue weighted by molar-refractivity contribution is 0.0590. The van der Waals surface area contributed by atoms with E-state index in [1.807, 2.05) is 22.6 Å². The molecule has 19 heavy (non-hydrogen) atoms. The van der Waals surface area contributed by atoms with Crippen molar-refractivity contribution in [3.8, 4) is 5.69 Å². The molecule has 7 heteroatoms. The molecule has 0 saturated carbocycles. The lowest BCUT2D eigenvalue weighted by Gasteiger charge is -2.08. The van der Waals surface area contributed by atoms with Gasteiger partial charge < -0.3 is 4.74 Å². The number of methoxy groups -OCH3 is 1. The van der Waals surface area contributed by atoms with Gasteiger partial charge in [0.25, 0.3) is 0 Å². The molecule has 98 valence electrons. The van der Waals surface area contributed by atoms with E-state index in [9.17, 15) is 14.0 Å². The smallest absolute Gasteiger partial charge is 0.362 e. The zero-order valence-corrected chi connectivity index (χ0v) is 11.9. The van der Waals surface area contributed by atoms with Crippen molar-refractivity contribution >= 4 is 28.6 Å². The summed E-state index contributed by atoms with van der Waals surface area (Å²) in [6, 6.07) is 5.64. The van der Waals surface area contributed by atoms with E-state index < -0.39 is 17.2 Å². The molecule has 2 rings (SSSR count). The Bertz CT molecular complexity index is 700. The fourth-order valence-electron chi connectivity index (χ4n) is 1.45. The molecule has 0 aliphatic carbocycles. The SMILES string of the molecule is COC(=O)c1nn(-c2cccc(F)c2I)ccc1=O. The monoisotopic (exact) mass is 374 g/mol. The highest BCUT2D eigenvalue weighted by molar-refractivity contribution is 14.1. The second-order valence-electron chi connectivity index (χ2n) is 3.54. The first kappa shape index (κ1) is 13.7. The molecule has 1 aromatic heterocycles. The lowest BCUT2D eigenvalue weighted by Crippen LogP contribution is -2.21. The predicted octanol–water partition coefficient (Wildman–Crippen LogP) is 1.76. The van der Waals surface area contributed by atoms with Crippen molar-refractivity contribution in [1.29, 1.82) is 0 Å². The van der Waals surface area contributed by atoms with Gasteiger partial charge in [0, 0.05) is 12.3 Å². The van der Waals surface area contributed by atoms with Crippen LogP contribution in [0.2, 0.25) is 0 Å². The van der Waals surface area contributed by atoms with E-state index in [1.54, 1.807) is 6.07 Å². The minimum absolute atomic E-state index is 0.340. The summed E-state index contributed by atoms with van der Waals surface area (Å²) >= 11 is 1.83. The van der Waals surface area contributed by atoms with E-state index in [4.69, 9.17) is 0 Å². The van der Waals surface area contributed by atoms with Crippen molar-refractivity contribution in [3.05, 3.63) is 55.8 Å². The molecular weight excluding hydrogens is 366 g/mol. The average Bonchev–Trinajstić information content (AvgIpc) is 2.42. The molecule has 0 N–H and O–H groups in total. The maximum atomic E-state index is 13.5. The van der Waals surface area contributed by atoms with Gasteiger partial charge in [0.05, 0.1) is 16.4 Å². The van der Waals surface area contributed by atoms with Gasteiger partial charge in [-0.1, -0.05) is 6.07 Å². The Morgan fingerprint density at radius 1 is 1.42 bits per heavy atom. The third-order valence-electron chi connectivity index (χ3n) is 2.37. The van der Waals surface area contributed by atoms with Gasteiger partial charge in [-0.2, -0.15) is 5.10 Å². The van der Waals surface area contributed by atoms with E-state index >= 15 is 0 Å². The first-order chi connectivity index (χ1) is 9.04. The quantitative estimate of drug-likeness (QED) is 0.594. The third kappa shape index (κ3) is 2.65. The van der Waals surface area contributed by atoms with Crippen LogP contribution in [0.1, 0.15) is 10.5 Å². The van der Waals surface area contributed by atoms with Gasteiger partial charge in [-0.15, -0.1) is 0 Å². The molecule has 1 heterocycles. The van der Waals surface area contributed by atoms with Gasteiger partial charge in [0.15, 0.2) is 0 Å². The van der Waals surface area contributed by atoms with Crippen molar-refractivity contribution in [2.45, 2.75) is 0 Å². The first-order valence-electron chi connectivity index (χ1n) is 5.17. The number of carbonyl (C=O) groups excluding carboxylic acids is 1. The van der Waals surface area contributed by atoms with Crippen LogP contribution in [0.15, 0.2) is 35.3 Å². The van der Waals surface area contributed by atoms with Crippen LogP contribution in [0.25, 0.3) is 5.69 Å². The Balaban J connectivity index is 2.61. The number of hydrogen-bond acceptors (Lipinski definition) is 4. The number of aromatic nitrogens is 2. The summed E-state index contributed by atoms with van der Waals surface area (Å²) in [4.78, 5) is 22.9. The molecule has 0 bridgehead atoms. The van der Waals surface area contributed by atoms with Crippen LogP contribution in [0, 0.1) is 9.39 Å². The first-order valence-corrected chi connectivity index (χ1v) is 6.25. The van der Waals surface area contributed by atoms with E-state index in [-0.39, 0.29) is 5.69 Å². The number of nitrogens with zero attached hydrogens (tertiary/aromatic N) is 2. The maximum Gasteiger partial charge on any atom is 0.362 e. The fraction of sp³-hybridized carbons (Fsp3) is 0.0833. The van der Waals surface area contributed by atoms with Crippen LogP contribution >= 0.6 is 22.6 Å². The summed E-state index contributed by atoms with van der Waals surface area (Å²) in [5, 5.41) is 3.87. The van der Waals surface area contributed by atoms with Crippen molar-refractivity contribution < 1.29 is 13.9 Å². The Morgan fingerprint density at radius 2 is 2.16 bits per heavy atom. The Hall–Kier alpha value is -1.77. The van der Waals surface area contributed by atoms with E-state index in [0.29, 0.717) is 9.26 Å². The largest absolute Gasteiger partial charge is 0.464 e. The highest BCUT2D eigenvalue weighted by Crippen LogP contribution is 2.18. The summed E-state index contributed by atoms with van der Waals surface area (Å²) < 4.78 is 19.5. The molecule has 0 spiro atoms. The molecule has 0 amide bonds. The molecule has 1 aromatic carbocycles. The van der Waals surface area contributed by atoms with Gasteiger partial charge in [0.2, 0.25) is 11.1 Å².